The molecular formula is C13H18N4O4. The number of esters is 1. The van der Waals surface area contributed by atoms with Gasteiger partial charge in [-0.25, -0.2) is 4.98 Å². The first-order chi connectivity index (χ1) is 10.0. The van der Waals surface area contributed by atoms with Gasteiger partial charge in [0, 0.05) is 18.7 Å². The van der Waals surface area contributed by atoms with Crippen molar-refractivity contribution >= 4 is 23.3 Å². The van der Waals surface area contributed by atoms with Crippen molar-refractivity contribution in [2.45, 2.75) is 31.7 Å². The number of aromatic nitrogens is 1. The quantitative estimate of drug-likeness (QED) is 0.508. The largest absolute Gasteiger partial charge is 0.469 e. The van der Waals surface area contributed by atoms with E-state index in [0.29, 0.717) is 5.82 Å². The third kappa shape index (κ3) is 3.39. The summed E-state index contributed by atoms with van der Waals surface area (Å²) >= 11 is 0. The summed E-state index contributed by atoms with van der Waals surface area (Å²) < 4.78 is 4.71. The molecule has 0 aliphatic carbocycles. The average molecular weight is 294 g/mol. The van der Waals surface area contributed by atoms with Crippen LogP contribution in [0.15, 0.2) is 12.1 Å². The summed E-state index contributed by atoms with van der Waals surface area (Å²) in [5, 5.41) is 10.8. The minimum Gasteiger partial charge on any atom is -0.469 e. The number of hydrogen-bond donors (Lipinski definition) is 1. The van der Waals surface area contributed by atoms with Gasteiger partial charge < -0.3 is 15.4 Å². The molecule has 1 aliphatic rings. The van der Waals surface area contributed by atoms with Crippen molar-refractivity contribution in [3.8, 4) is 0 Å². The minimum atomic E-state index is -0.561. The van der Waals surface area contributed by atoms with E-state index in [0.717, 1.165) is 25.8 Å². The van der Waals surface area contributed by atoms with Crippen molar-refractivity contribution in [2.24, 2.45) is 0 Å². The van der Waals surface area contributed by atoms with Crippen LogP contribution in [0.5, 0.6) is 0 Å². The van der Waals surface area contributed by atoms with Crippen LogP contribution in [0.3, 0.4) is 0 Å². The molecule has 1 atom stereocenters. The van der Waals surface area contributed by atoms with Crippen molar-refractivity contribution in [3.63, 3.8) is 0 Å². The molecular weight excluding hydrogens is 276 g/mol. The lowest BCUT2D eigenvalue weighted by molar-refractivity contribution is -0.384. The maximum absolute atomic E-state index is 11.5. The van der Waals surface area contributed by atoms with Crippen LogP contribution in [0.4, 0.5) is 17.3 Å². The van der Waals surface area contributed by atoms with Crippen molar-refractivity contribution < 1.29 is 14.5 Å². The number of nitro groups is 1. The molecule has 1 unspecified atom stereocenters. The van der Waals surface area contributed by atoms with Gasteiger partial charge in [-0.15, -0.1) is 0 Å². The molecule has 0 amide bonds. The molecule has 0 saturated carbocycles. The predicted octanol–water partition coefficient (Wildman–Crippen LogP) is 1.49. The van der Waals surface area contributed by atoms with Gasteiger partial charge in [-0.2, -0.15) is 0 Å². The highest BCUT2D eigenvalue weighted by Crippen LogP contribution is 2.29. The maximum Gasteiger partial charge on any atom is 0.311 e. The summed E-state index contributed by atoms with van der Waals surface area (Å²) in [4.78, 5) is 27.8. The average Bonchev–Trinajstić information content (AvgIpc) is 2.47. The van der Waals surface area contributed by atoms with E-state index in [1.165, 1.54) is 13.2 Å². The summed E-state index contributed by atoms with van der Waals surface area (Å²) in [7, 11) is 1.36. The number of pyridine rings is 1. The number of carbonyl (C=O) groups is 1. The molecule has 8 heteroatoms. The number of rotatable bonds is 4. The van der Waals surface area contributed by atoms with E-state index in [4.69, 9.17) is 10.5 Å². The van der Waals surface area contributed by atoms with Gasteiger partial charge in [0.2, 0.25) is 5.82 Å². The van der Waals surface area contributed by atoms with Gasteiger partial charge in [0.15, 0.2) is 0 Å². The molecule has 8 nitrogen and oxygen atoms in total. The Bertz CT molecular complexity index is 549. The van der Waals surface area contributed by atoms with E-state index in [9.17, 15) is 14.9 Å². The Morgan fingerprint density at radius 3 is 2.95 bits per heavy atom. The molecule has 0 aromatic carbocycles. The molecule has 1 saturated heterocycles. The number of ether oxygens (including phenoxy) is 1. The van der Waals surface area contributed by atoms with Gasteiger partial charge in [0.25, 0.3) is 0 Å². The number of nitrogens with zero attached hydrogens (tertiary/aromatic N) is 3. The zero-order chi connectivity index (χ0) is 15.4. The van der Waals surface area contributed by atoms with E-state index < -0.39 is 4.92 Å². The lowest BCUT2D eigenvalue weighted by atomic mass is 9.99. The standard InChI is InChI=1S/C13H18N4O4/c1-21-12(18)8-9-4-2-3-7-16(9)11-6-5-10(17(19)20)13(14)15-11/h5-6,9H,2-4,7-8H2,1H3,(H2,14,15). The van der Waals surface area contributed by atoms with Crippen molar-refractivity contribution in [1.82, 2.24) is 4.98 Å². The summed E-state index contributed by atoms with van der Waals surface area (Å²) in [5.41, 5.74) is 5.42. The molecule has 1 aromatic heterocycles. The van der Waals surface area contributed by atoms with E-state index in [2.05, 4.69) is 4.98 Å². The van der Waals surface area contributed by atoms with E-state index in [1.807, 2.05) is 4.90 Å². The van der Waals surface area contributed by atoms with Crippen LogP contribution in [0, 0.1) is 10.1 Å². The fourth-order valence-electron chi connectivity index (χ4n) is 2.56. The minimum absolute atomic E-state index is 0.0143. The second kappa shape index (κ2) is 6.38. The third-order valence-electron chi connectivity index (χ3n) is 3.64. The van der Waals surface area contributed by atoms with Crippen LogP contribution in [0.25, 0.3) is 0 Å². The van der Waals surface area contributed by atoms with Gasteiger partial charge in [-0.05, 0) is 25.3 Å². The number of hydrogen-bond acceptors (Lipinski definition) is 7. The van der Waals surface area contributed by atoms with Gasteiger partial charge in [0.1, 0.15) is 5.82 Å². The molecule has 0 radical (unpaired) electrons. The highest BCUT2D eigenvalue weighted by atomic mass is 16.6. The molecule has 2 rings (SSSR count). The van der Waals surface area contributed by atoms with E-state index in [1.54, 1.807) is 6.07 Å². The number of nitrogens with two attached hydrogens (primary N) is 1. The van der Waals surface area contributed by atoms with Crippen LogP contribution in [-0.4, -0.2) is 35.6 Å². The molecule has 2 heterocycles. The molecule has 2 N–H and O–H groups in total. The van der Waals surface area contributed by atoms with Gasteiger partial charge in [-0.3, -0.25) is 14.9 Å². The fourth-order valence-corrected chi connectivity index (χ4v) is 2.56. The lowest BCUT2D eigenvalue weighted by Gasteiger charge is -2.36. The van der Waals surface area contributed by atoms with Crippen LogP contribution in [0.2, 0.25) is 0 Å². The highest BCUT2D eigenvalue weighted by Gasteiger charge is 2.27. The Kier molecular flexibility index (Phi) is 4.56. The SMILES string of the molecule is COC(=O)CC1CCCCN1c1ccc([N+](=O)[O-])c(N)n1. The maximum atomic E-state index is 11.5. The van der Waals surface area contributed by atoms with E-state index in [-0.39, 0.29) is 29.9 Å². The summed E-state index contributed by atoms with van der Waals surface area (Å²) in [5.74, 6) is 0.174. The Labute approximate surface area is 122 Å². The van der Waals surface area contributed by atoms with Gasteiger partial charge >= 0.3 is 11.7 Å². The first-order valence-electron chi connectivity index (χ1n) is 6.77. The van der Waals surface area contributed by atoms with Gasteiger partial charge in [-0.1, -0.05) is 0 Å². The molecule has 1 fully saturated rings. The first-order valence-corrected chi connectivity index (χ1v) is 6.77. The topological polar surface area (TPSA) is 112 Å². The zero-order valence-corrected chi connectivity index (χ0v) is 11.8. The second-order valence-corrected chi connectivity index (χ2v) is 4.95. The summed E-state index contributed by atoms with van der Waals surface area (Å²) in [6.07, 6.45) is 3.14. The van der Waals surface area contributed by atoms with Crippen LogP contribution in [0.1, 0.15) is 25.7 Å². The van der Waals surface area contributed by atoms with Crippen LogP contribution in [-0.2, 0) is 9.53 Å². The Hall–Kier alpha value is -2.38. The van der Waals surface area contributed by atoms with E-state index >= 15 is 0 Å². The Morgan fingerprint density at radius 1 is 1.57 bits per heavy atom. The number of anilines is 2. The smallest absolute Gasteiger partial charge is 0.311 e. The Morgan fingerprint density at radius 2 is 2.33 bits per heavy atom. The summed E-state index contributed by atoms with van der Waals surface area (Å²) in [6, 6.07) is 2.91. The highest BCUT2D eigenvalue weighted by molar-refractivity contribution is 5.71. The normalized spacial score (nSPS) is 18.3. The lowest BCUT2D eigenvalue weighted by Crippen LogP contribution is -2.41. The van der Waals surface area contributed by atoms with Crippen molar-refractivity contribution in [3.05, 3.63) is 22.2 Å². The predicted molar refractivity (Wildman–Crippen MR) is 76.9 cm³/mol. The van der Waals surface area contributed by atoms with Gasteiger partial charge in [0.05, 0.1) is 18.5 Å². The Balaban J connectivity index is 2.23. The number of nitrogen functional groups attached to an aromatic ring is 1. The molecule has 0 bridgehead atoms. The third-order valence-corrected chi connectivity index (χ3v) is 3.64. The molecule has 114 valence electrons. The summed E-state index contributed by atoms with van der Waals surface area (Å²) in [6.45, 7) is 0.742. The van der Waals surface area contributed by atoms with Crippen LogP contribution >= 0.6 is 0 Å². The molecule has 1 aliphatic heterocycles. The first kappa shape index (κ1) is 15.0. The number of methoxy groups -OCH3 is 1. The second-order valence-electron chi connectivity index (χ2n) is 4.95. The monoisotopic (exact) mass is 294 g/mol. The zero-order valence-electron chi connectivity index (χ0n) is 11.8. The van der Waals surface area contributed by atoms with Crippen LogP contribution < -0.4 is 10.6 Å². The molecule has 21 heavy (non-hydrogen) atoms. The van der Waals surface area contributed by atoms with Crippen molar-refractivity contribution in [2.75, 3.05) is 24.3 Å². The van der Waals surface area contributed by atoms with Crippen molar-refractivity contribution in [1.29, 1.82) is 0 Å². The molecule has 1 aromatic rings. The molecule has 0 spiro atoms. The number of piperidine rings is 1. The number of carbonyl (C=O) groups excluding carboxylic acids is 1. The fraction of sp³-hybridized carbons (Fsp3) is 0.538.